The van der Waals surface area contributed by atoms with E-state index in [1.807, 2.05) is 0 Å². The highest BCUT2D eigenvalue weighted by Gasteiger charge is 2.24. The van der Waals surface area contributed by atoms with Gasteiger partial charge in [0.05, 0.1) is 39.8 Å². The van der Waals surface area contributed by atoms with Gasteiger partial charge in [0.1, 0.15) is 20.1 Å². The fraction of sp³-hybridized carbons (Fsp3) is 0.621. The molecule has 0 aliphatic heterocycles. The summed E-state index contributed by atoms with van der Waals surface area (Å²) in [5.41, 5.74) is 0.433. The Kier molecular flexibility index (Phi) is 16.5. The Bertz CT molecular complexity index is 1000. The Balaban J connectivity index is 0.000000391. The van der Waals surface area contributed by atoms with Crippen LogP contribution >= 0.6 is 11.3 Å². The average molecular weight is 569 g/mol. The maximum absolute atomic E-state index is 11.9. The molecule has 0 aliphatic rings. The number of thiophene rings is 1. The van der Waals surface area contributed by atoms with E-state index in [9.17, 15) is 17.8 Å². The van der Waals surface area contributed by atoms with Crippen LogP contribution in [0.5, 0.6) is 5.75 Å². The number of carbonyl (C=O) groups excluding carboxylic acids is 1. The van der Waals surface area contributed by atoms with Gasteiger partial charge in [0.25, 0.3) is 5.91 Å². The van der Waals surface area contributed by atoms with Crippen LogP contribution in [0.4, 0.5) is 0 Å². The summed E-state index contributed by atoms with van der Waals surface area (Å²) in [7, 11) is -2.93. The largest absolute Gasteiger partial charge is 0.743 e. The minimum atomic E-state index is -4.44. The Morgan fingerprint density at radius 3 is 1.84 bits per heavy atom. The fourth-order valence-electron chi connectivity index (χ4n) is 4.27. The number of methoxy groups -OCH3 is 1. The smallest absolute Gasteiger partial charge is 0.251 e. The van der Waals surface area contributed by atoms with Crippen LogP contribution in [-0.4, -0.2) is 56.6 Å². The first-order chi connectivity index (χ1) is 18.1. The van der Waals surface area contributed by atoms with Crippen LogP contribution in [0.25, 0.3) is 0 Å². The van der Waals surface area contributed by atoms with Crippen molar-refractivity contribution in [3.63, 3.8) is 0 Å². The molecule has 0 fully saturated rings. The van der Waals surface area contributed by atoms with Gasteiger partial charge < -0.3 is 19.1 Å². The van der Waals surface area contributed by atoms with E-state index in [1.54, 1.807) is 24.3 Å². The van der Waals surface area contributed by atoms with Crippen molar-refractivity contribution in [1.29, 1.82) is 0 Å². The van der Waals surface area contributed by atoms with E-state index in [0.29, 0.717) is 16.2 Å². The van der Waals surface area contributed by atoms with Gasteiger partial charge in [-0.3, -0.25) is 4.79 Å². The highest BCUT2D eigenvalue weighted by molar-refractivity contribution is 7.88. The monoisotopic (exact) mass is 568 g/mol. The summed E-state index contributed by atoms with van der Waals surface area (Å²) in [6.07, 6.45) is 11.1. The zero-order valence-electron chi connectivity index (χ0n) is 24.0. The number of nitrogens with zero attached hydrogens (tertiary/aromatic N) is 1. The van der Waals surface area contributed by atoms with Gasteiger partial charge in [-0.05, 0) is 56.0 Å². The Morgan fingerprint density at radius 2 is 1.42 bits per heavy atom. The first-order valence-corrected chi connectivity index (χ1v) is 16.2. The molecule has 1 N–H and O–H groups in total. The highest BCUT2D eigenvalue weighted by atomic mass is 32.3. The number of quaternary nitrogens is 1. The zero-order valence-corrected chi connectivity index (χ0v) is 25.6. The molecule has 1 heterocycles. The van der Waals surface area contributed by atoms with Gasteiger partial charge in [-0.15, -0.1) is 11.3 Å². The summed E-state index contributed by atoms with van der Waals surface area (Å²) < 4.78 is 38.7. The molecule has 0 bridgehead atoms. The molecule has 9 heteroatoms. The van der Waals surface area contributed by atoms with Gasteiger partial charge in [-0.1, -0.05) is 59.4 Å². The molecule has 0 aliphatic carbocycles. The van der Waals surface area contributed by atoms with Crippen molar-refractivity contribution in [2.24, 2.45) is 0 Å². The van der Waals surface area contributed by atoms with Crippen LogP contribution in [0.15, 0.2) is 40.6 Å². The number of ether oxygens (including phenoxy) is 1. The molecule has 0 atom stereocenters. The molecular weight excluding hydrogens is 520 g/mol. The number of nitrogens with one attached hydrogen (secondary N) is 1. The van der Waals surface area contributed by atoms with Crippen molar-refractivity contribution >= 4 is 27.4 Å². The molecule has 0 spiro atoms. The molecule has 7 nitrogen and oxygen atoms in total. The number of unbranched alkanes of at least 4 members (excludes halogenated alkanes) is 4. The Labute approximate surface area is 234 Å². The first kappa shape index (κ1) is 34.1. The Hall–Kier alpha value is -1.94. The molecule has 38 heavy (non-hydrogen) atoms. The number of rotatable bonds is 17. The minimum absolute atomic E-state index is 0.149. The minimum Gasteiger partial charge on any atom is -0.743 e. The molecule has 2 aromatic rings. The summed E-state index contributed by atoms with van der Waals surface area (Å²) in [5, 5.41) is 2.65. The normalized spacial score (nSPS) is 11.5. The van der Waals surface area contributed by atoms with Crippen LogP contribution in [-0.2, 0) is 16.7 Å². The number of hydrogen-bond acceptors (Lipinski definition) is 6. The van der Waals surface area contributed by atoms with Crippen molar-refractivity contribution in [2.75, 3.05) is 33.3 Å². The standard InChI is InChI=1S/C16H36N.C13H13NO5S2/c1-5-9-13-17(14-10-6-2,15-11-7-3)16-12-8-4;1-19-10-4-2-3-9(7-10)13(15)14-8-11-5-6-12(20-11)21(16,17)18/h5-16H2,1-4H3;2-7H,8H2,1H3,(H,14,15)(H,16,17,18)/q+1;/p-1. The van der Waals surface area contributed by atoms with Crippen molar-refractivity contribution in [3.8, 4) is 5.75 Å². The molecule has 1 aromatic carbocycles. The lowest BCUT2D eigenvalue weighted by Gasteiger charge is -2.39. The molecule has 2 rings (SSSR count). The lowest BCUT2D eigenvalue weighted by atomic mass is 10.1. The summed E-state index contributed by atoms with van der Waals surface area (Å²) in [6.45, 7) is 15.2. The van der Waals surface area contributed by atoms with Crippen molar-refractivity contribution in [3.05, 3.63) is 46.8 Å². The molecule has 0 saturated heterocycles. The highest BCUT2D eigenvalue weighted by Crippen LogP contribution is 2.21. The van der Waals surface area contributed by atoms with Crippen LogP contribution in [0.3, 0.4) is 0 Å². The van der Waals surface area contributed by atoms with E-state index in [1.165, 1.54) is 101 Å². The summed E-state index contributed by atoms with van der Waals surface area (Å²) >= 11 is 0.845. The van der Waals surface area contributed by atoms with Crippen molar-refractivity contribution < 1.29 is 27.0 Å². The van der Waals surface area contributed by atoms with Gasteiger partial charge in [-0.25, -0.2) is 8.42 Å². The number of benzene rings is 1. The summed E-state index contributed by atoms with van der Waals surface area (Å²) in [6, 6.07) is 9.39. The van der Waals surface area contributed by atoms with Crippen molar-refractivity contribution in [2.45, 2.75) is 89.8 Å². The molecule has 216 valence electrons. The van der Waals surface area contributed by atoms with Gasteiger partial charge in [0, 0.05) is 10.4 Å². The van der Waals surface area contributed by atoms with E-state index < -0.39 is 10.1 Å². The first-order valence-electron chi connectivity index (χ1n) is 14.0. The van der Waals surface area contributed by atoms with Gasteiger partial charge in [0.2, 0.25) is 0 Å². The van der Waals surface area contributed by atoms with Gasteiger partial charge in [0.15, 0.2) is 0 Å². The van der Waals surface area contributed by atoms with Crippen molar-refractivity contribution in [1.82, 2.24) is 5.32 Å². The molecule has 0 unspecified atom stereocenters. The maximum atomic E-state index is 11.9. The van der Waals surface area contributed by atoms with E-state index >= 15 is 0 Å². The lowest BCUT2D eigenvalue weighted by molar-refractivity contribution is -0.929. The second kappa shape index (κ2) is 18.4. The second-order valence-electron chi connectivity index (χ2n) is 9.74. The van der Waals surface area contributed by atoms with Gasteiger partial charge >= 0.3 is 0 Å². The molecule has 0 radical (unpaired) electrons. The van der Waals surface area contributed by atoms with E-state index in [-0.39, 0.29) is 16.7 Å². The van der Waals surface area contributed by atoms with Crippen LogP contribution in [0, 0.1) is 0 Å². The van der Waals surface area contributed by atoms with Crippen LogP contribution < -0.4 is 10.1 Å². The third-order valence-electron chi connectivity index (χ3n) is 6.58. The predicted octanol–water partition coefficient (Wildman–Crippen LogP) is 6.59. The summed E-state index contributed by atoms with van der Waals surface area (Å²) in [5.74, 6) is 0.257. The van der Waals surface area contributed by atoms with Crippen LogP contribution in [0.2, 0.25) is 0 Å². The summed E-state index contributed by atoms with van der Waals surface area (Å²) in [4.78, 5) is 12.5. The molecule has 0 saturated carbocycles. The number of hydrogen-bond donors (Lipinski definition) is 1. The predicted molar refractivity (Wildman–Crippen MR) is 156 cm³/mol. The topological polar surface area (TPSA) is 95.5 Å². The molecule has 1 aromatic heterocycles. The number of amides is 1. The third kappa shape index (κ3) is 12.7. The third-order valence-corrected chi connectivity index (χ3v) is 8.95. The van der Waals surface area contributed by atoms with Crippen LogP contribution in [0.1, 0.15) is 94.3 Å². The molecular formula is C29H48N2O5S2. The SMILES string of the molecule is CCCC[N+](CCCC)(CCCC)CCCC.COc1cccc(C(=O)NCc2ccc(S(=O)(=O)[O-])s2)c1. The quantitative estimate of drug-likeness (QED) is 0.171. The molecule has 1 amide bonds. The van der Waals surface area contributed by atoms with E-state index in [0.717, 1.165) is 11.3 Å². The maximum Gasteiger partial charge on any atom is 0.251 e. The zero-order chi connectivity index (χ0) is 28.4. The fourth-order valence-corrected chi connectivity index (χ4v) is 5.91. The lowest BCUT2D eigenvalue weighted by Crippen LogP contribution is -2.50. The second-order valence-corrected chi connectivity index (χ2v) is 12.5. The van der Waals surface area contributed by atoms with E-state index in [2.05, 4.69) is 33.0 Å². The average Bonchev–Trinajstić information content (AvgIpc) is 3.41. The number of carbonyl (C=O) groups is 1. The Morgan fingerprint density at radius 1 is 0.895 bits per heavy atom. The van der Waals surface area contributed by atoms with Gasteiger partial charge in [-0.2, -0.15) is 0 Å². The van der Waals surface area contributed by atoms with E-state index in [4.69, 9.17) is 4.74 Å².